The van der Waals surface area contributed by atoms with Gasteiger partial charge in [-0.05, 0) is 147 Å². The lowest BCUT2D eigenvalue weighted by Crippen LogP contribution is -2.69. The molecule has 8 heterocycles. The maximum absolute atomic E-state index is 14.8. The third-order valence-corrected chi connectivity index (χ3v) is 33.3. The fourth-order valence-corrected chi connectivity index (χ4v) is 15.3. The van der Waals surface area contributed by atoms with Crippen LogP contribution in [0.5, 0.6) is 0 Å². The second-order valence-electron chi connectivity index (χ2n) is 28.6. The van der Waals surface area contributed by atoms with E-state index in [9.17, 15) is 9.59 Å². The van der Waals surface area contributed by atoms with Crippen molar-refractivity contribution >= 4 is 36.5 Å². The van der Waals surface area contributed by atoms with Gasteiger partial charge >= 0.3 is 0 Å². The zero-order valence-electron chi connectivity index (χ0n) is 49.7. The van der Waals surface area contributed by atoms with Crippen molar-refractivity contribution in [2.75, 3.05) is 0 Å². The van der Waals surface area contributed by atoms with Crippen molar-refractivity contribution < 1.29 is 46.6 Å². The number of carbonyl (C=O) groups is 2. The highest BCUT2D eigenvalue weighted by Gasteiger charge is 2.58. The summed E-state index contributed by atoms with van der Waals surface area (Å²) in [4.78, 5) is 28.9. The molecule has 0 amide bonds. The van der Waals surface area contributed by atoms with Gasteiger partial charge in [-0.3, -0.25) is 9.59 Å². The Morgan fingerprint density at radius 2 is 1.21 bits per heavy atom. The van der Waals surface area contributed by atoms with Crippen molar-refractivity contribution in [2.24, 2.45) is 23.7 Å². The average Bonchev–Trinajstić information content (AvgIpc) is 3.77. The van der Waals surface area contributed by atoms with Gasteiger partial charge < -0.3 is 37.0 Å². The van der Waals surface area contributed by atoms with E-state index in [0.29, 0.717) is 56.8 Å². The highest BCUT2D eigenvalue weighted by Crippen LogP contribution is 2.49. The molecule has 13 heteroatoms. The lowest BCUT2D eigenvalue weighted by atomic mass is 9.78. The summed E-state index contributed by atoms with van der Waals surface area (Å²) in [5.41, 5.74) is 2.22. The fraction of sp³-hybridized carbons (Fsp3) is 0.867. The number of ether oxygens (including phenoxy) is 5. The van der Waals surface area contributed by atoms with Crippen LogP contribution in [0, 0.1) is 23.7 Å². The second-order valence-corrected chi connectivity index (χ2v) is 42.9. The first-order valence-corrected chi connectivity index (χ1v) is 37.7. The van der Waals surface area contributed by atoms with Gasteiger partial charge in [0.25, 0.3) is 0 Å². The third-order valence-electron chi connectivity index (χ3n) is 19.9. The van der Waals surface area contributed by atoms with Gasteiger partial charge in [0.1, 0.15) is 30.2 Å². The molecule has 17 atom stereocenters. The largest absolute Gasteiger partial charge is 0.408 e. The summed E-state index contributed by atoms with van der Waals surface area (Å²) in [6.07, 6.45) is 9.33. The molecule has 8 rings (SSSR count). The normalized spacial score (nSPS) is 38.2. The topological polar surface area (TPSA) is 108 Å². The van der Waals surface area contributed by atoms with Gasteiger partial charge in [0.15, 0.2) is 30.7 Å². The Morgan fingerprint density at radius 3 is 1.81 bits per heavy atom. The lowest BCUT2D eigenvalue weighted by molar-refractivity contribution is -0.266. The van der Waals surface area contributed by atoms with Crippen molar-refractivity contribution in [3.63, 3.8) is 0 Å². The van der Waals surface area contributed by atoms with Crippen molar-refractivity contribution in [1.82, 2.24) is 0 Å². The Morgan fingerprint density at radius 1 is 0.644 bits per heavy atom. The van der Waals surface area contributed by atoms with E-state index in [2.05, 4.69) is 142 Å². The number of fused-ring (bicyclic) bond motifs is 2. The van der Waals surface area contributed by atoms with Crippen LogP contribution in [0.25, 0.3) is 0 Å². The first-order chi connectivity index (χ1) is 33.6. The Bertz CT molecular complexity index is 1940. The van der Waals surface area contributed by atoms with E-state index in [1.165, 1.54) is 0 Å². The summed E-state index contributed by atoms with van der Waals surface area (Å²) in [7, 11) is -7.52. The smallest absolute Gasteiger partial charge is 0.193 e. The van der Waals surface area contributed by atoms with E-state index < -0.39 is 55.5 Å². The lowest BCUT2D eigenvalue weighted by Gasteiger charge is -2.56. The molecule has 0 N–H and O–H groups in total. The summed E-state index contributed by atoms with van der Waals surface area (Å²) < 4.78 is 58.3. The predicted octanol–water partition coefficient (Wildman–Crippen LogP) is 14.4. The molecule has 0 saturated carbocycles. The maximum atomic E-state index is 14.8. The van der Waals surface area contributed by atoms with E-state index >= 15 is 0 Å². The van der Waals surface area contributed by atoms with Gasteiger partial charge in [-0.1, -0.05) is 116 Å². The van der Waals surface area contributed by atoms with E-state index in [-0.39, 0.29) is 87.3 Å². The summed E-state index contributed by atoms with van der Waals surface area (Å²) in [5.74, 6) is 1.36. The molecule has 0 aromatic heterocycles. The first-order valence-electron chi connectivity index (χ1n) is 29.0. The summed E-state index contributed by atoms with van der Waals surface area (Å²) >= 11 is 0. The molecule has 5 fully saturated rings. The number of allylic oxidation sites excluding steroid dienone is 1. The highest BCUT2D eigenvalue weighted by atomic mass is 28.4. The molecule has 8 aliphatic heterocycles. The Kier molecular flexibility index (Phi) is 19.8. The van der Waals surface area contributed by atoms with Crippen LogP contribution in [0.4, 0.5) is 0 Å². The van der Waals surface area contributed by atoms with Crippen LogP contribution in [0.15, 0.2) is 36.5 Å². The third kappa shape index (κ3) is 14.8. The predicted molar refractivity (Wildman–Crippen MR) is 304 cm³/mol. The molecule has 5 saturated heterocycles. The summed E-state index contributed by atoms with van der Waals surface area (Å²) in [6, 6.07) is 0. The molecule has 0 aromatic carbocycles. The van der Waals surface area contributed by atoms with Crippen LogP contribution in [0.1, 0.15) is 173 Å². The molecule has 418 valence electrons. The van der Waals surface area contributed by atoms with Gasteiger partial charge in [0.05, 0.1) is 54.9 Å². The van der Waals surface area contributed by atoms with E-state index in [4.69, 9.17) is 37.0 Å². The Hall–Kier alpha value is -1.11. The van der Waals surface area contributed by atoms with Crippen LogP contribution >= 0.6 is 0 Å². The first kappa shape index (κ1) is 61.1. The van der Waals surface area contributed by atoms with Gasteiger partial charge in [0.2, 0.25) is 0 Å². The van der Waals surface area contributed by atoms with Crippen LogP contribution in [-0.4, -0.2) is 116 Å². The molecule has 10 nitrogen and oxygen atoms in total. The number of ketones is 2. The van der Waals surface area contributed by atoms with Crippen molar-refractivity contribution in [3.8, 4) is 0 Å². The fourth-order valence-electron chi connectivity index (χ4n) is 11.5. The summed E-state index contributed by atoms with van der Waals surface area (Å²) in [5, 5.41) is -0.363. The SMILES string of the molecule is C=C1C2C[C@@H]3O[C@H](C[C@H](C)CC)[C@H](C)C3CC(=O)CC3CC[C@@H]4O[C@H]([C@@H](O[Si](C)(C)C(C)(C)C)[C@@H](O[Si](C)(C)C(C)(C)C)[C@H]4O3)[C@@H](O[Si](C)(C)C(C)(C)C)/C=C/C(=O)CCC3CC(=C)[C@H](CCC(C[C@H]1C)O2)O3. The Balaban J connectivity index is 1.42. The number of carbonyl (C=O) groups excluding carboxylic acids is 2. The van der Waals surface area contributed by atoms with Crippen molar-refractivity contribution in [2.45, 2.75) is 307 Å². The van der Waals surface area contributed by atoms with Crippen LogP contribution in [-0.2, 0) is 46.6 Å². The minimum Gasteiger partial charge on any atom is -0.408 e. The van der Waals surface area contributed by atoms with Crippen LogP contribution in [0.3, 0.4) is 0 Å². The van der Waals surface area contributed by atoms with Crippen LogP contribution in [0.2, 0.25) is 54.4 Å². The Labute approximate surface area is 448 Å². The minimum atomic E-state index is -2.54. The molecular formula is C60H106O10Si3. The molecule has 5 unspecified atom stereocenters. The zero-order valence-corrected chi connectivity index (χ0v) is 52.7. The molecular weight excluding hydrogens is 965 g/mol. The van der Waals surface area contributed by atoms with Crippen molar-refractivity contribution in [3.05, 3.63) is 36.5 Å². The van der Waals surface area contributed by atoms with E-state index in [1.807, 2.05) is 6.08 Å². The number of Topliss-reactive ketones (excluding diaryl/α,β-unsaturated/α-hetero) is 1. The molecule has 0 spiro atoms. The van der Waals surface area contributed by atoms with Crippen LogP contribution < -0.4 is 0 Å². The molecule has 0 aromatic rings. The van der Waals surface area contributed by atoms with Gasteiger partial charge in [0, 0.05) is 25.7 Å². The average molecular weight is 1070 g/mol. The molecule has 73 heavy (non-hydrogen) atoms. The molecule has 8 aliphatic rings. The number of hydrogen-bond acceptors (Lipinski definition) is 10. The molecule has 0 radical (unpaired) electrons. The zero-order chi connectivity index (χ0) is 54.4. The van der Waals surface area contributed by atoms with E-state index in [0.717, 1.165) is 49.7 Å². The van der Waals surface area contributed by atoms with Crippen molar-refractivity contribution in [1.29, 1.82) is 0 Å². The quantitative estimate of drug-likeness (QED) is 0.164. The van der Waals surface area contributed by atoms with Gasteiger partial charge in [-0.15, -0.1) is 0 Å². The summed E-state index contributed by atoms with van der Waals surface area (Å²) in [6.45, 7) is 52.4. The monoisotopic (exact) mass is 1070 g/mol. The number of hydrogen-bond donors (Lipinski definition) is 0. The van der Waals surface area contributed by atoms with E-state index in [1.54, 1.807) is 6.08 Å². The molecule has 8 bridgehead atoms. The second kappa shape index (κ2) is 23.7. The highest BCUT2D eigenvalue weighted by molar-refractivity contribution is 6.75. The standard InChI is InChI=1S/C60H106O10Si3/c1-22-37(2)31-51-41(6)47-35-43(62)34-46-27-30-49-54(65-46)56(69-72(18,19)59(10,11)12)57(70-73(20,21)60(13,14)15)55(67-49)50(68-71(16,17)58(7,8)9)28-24-42(61)23-25-44-33-39(4)48(63-44)29-26-45-32-38(3)40(5)52(64-45)36-53(47)66-51/h24,28,37-38,41,44-57H,4-5,22-23,25-27,29-36H2,1-3,6-21H3/b28-24+/t37-,38-,41-,44?,45?,46?,47?,48+,49+,50+,51-,52?,53+,54+,55+,56+,57-/m1/s1. The maximum Gasteiger partial charge on any atom is 0.193 e. The van der Waals surface area contributed by atoms with Gasteiger partial charge in [-0.25, -0.2) is 0 Å². The number of rotatable bonds is 9. The minimum absolute atomic E-state index is 0.0333. The van der Waals surface area contributed by atoms with Gasteiger partial charge in [-0.2, -0.15) is 0 Å². The molecule has 0 aliphatic carbocycles.